The van der Waals surface area contributed by atoms with Gasteiger partial charge in [0.15, 0.2) is 0 Å². The van der Waals surface area contributed by atoms with Gasteiger partial charge in [0.2, 0.25) is 0 Å². The minimum absolute atomic E-state index is 0.0520. The lowest BCUT2D eigenvalue weighted by Gasteiger charge is -2.26. The molecule has 0 spiro atoms. The van der Waals surface area contributed by atoms with E-state index in [1.165, 1.54) is 0 Å². The second-order valence-corrected chi connectivity index (χ2v) is 6.15. The van der Waals surface area contributed by atoms with Crippen LogP contribution in [0.4, 0.5) is 5.69 Å². The van der Waals surface area contributed by atoms with Crippen molar-refractivity contribution in [2.24, 2.45) is 4.99 Å². The average Bonchev–Trinajstić information content (AvgIpc) is 2.59. The molecule has 2 aromatic rings. The summed E-state index contributed by atoms with van der Waals surface area (Å²) in [4.78, 5) is 6.62. The van der Waals surface area contributed by atoms with E-state index in [-0.39, 0.29) is 6.17 Å². The highest BCUT2D eigenvalue weighted by Crippen LogP contribution is 2.28. The molecule has 4 nitrogen and oxygen atoms in total. The van der Waals surface area contributed by atoms with Crippen LogP contribution in [0, 0.1) is 0 Å². The van der Waals surface area contributed by atoms with Crippen LogP contribution in [0.25, 0.3) is 0 Å². The van der Waals surface area contributed by atoms with Gasteiger partial charge in [0.25, 0.3) is 0 Å². The van der Waals surface area contributed by atoms with Gasteiger partial charge in [-0.2, -0.15) is 0 Å². The summed E-state index contributed by atoms with van der Waals surface area (Å²) in [5, 5.41) is 13.8. The summed E-state index contributed by atoms with van der Waals surface area (Å²) in [7, 11) is 3.72. The lowest BCUT2D eigenvalue weighted by molar-refractivity contribution is 0.195. The van der Waals surface area contributed by atoms with Crippen molar-refractivity contribution in [1.82, 2.24) is 5.32 Å². The Kier molecular flexibility index (Phi) is 6.37. The van der Waals surface area contributed by atoms with Gasteiger partial charge in [-0.3, -0.25) is 10.3 Å². The van der Waals surface area contributed by atoms with Crippen LogP contribution in [-0.4, -0.2) is 37.3 Å². The van der Waals surface area contributed by atoms with Gasteiger partial charge in [-0.15, -0.1) is 0 Å². The van der Waals surface area contributed by atoms with E-state index >= 15 is 0 Å². The van der Waals surface area contributed by atoms with E-state index in [0.29, 0.717) is 5.02 Å². The number of hydrogen-bond donors (Lipinski definition) is 2. The summed E-state index contributed by atoms with van der Waals surface area (Å²) < 4.78 is 0. The maximum atomic E-state index is 9.99. The summed E-state index contributed by atoms with van der Waals surface area (Å²) in [6, 6.07) is 15.6. The smallest absolute Gasteiger partial charge is 0.123 e. The van der Waals surface area contributed by atoms with Crippen LogP contribution in [0.15, 0.2) is 53.5 Å². The molecule has 0 saturated carbocycles. The van der Waals surface area contributed by atoms with Crippen molar-refractivity contribution in [3.05, 3.63) is 64.7 Å². The molecule has 2 unspecified atom stereocenters. The van der Waals surface area contributed by atoms with Gasteiger partial charge < -0.3 is 10.0 Å². The Balaban J connectivity index is 2.66. The van der Waals surface area contributed by atoms with E-state index in [1.54, 1.807) is 11.8 Å². The van der Waals surface area contributed by atoms with Crippen LogP contribution in [0.3, 0.4) is 0 Å². The largest absolute Gasteiger partial charge is 0.374 e. The monoisotopic (exact) mass is 345 g/mol. The van der Waals surface area contributed by atoms with Crippen LogP contribution in [0.1, 0.15) is 25.0 Å². The third-order valence-electron chi connectivity index (χ3n) is 3.94. The molecule has 2 atom stereocenters. The molecule has 0 saturated heterocycles. The second-order valence-electron chi connectivity index (χ2n) is 5.71. The lowest BCUT2D eigenvalue weighted by Crippen LogP contribution is -2.30. The number of nitrogens with zero attached hydrogens (tertiary/aromatic N) is 2. The minimum atomic E-state index is -0.622. The van der Waals surface area contributed by atoms with E-state index in [0.717, 1.165) is 22.5 Å². The minimum Gasteiger partial charge on any atom is -0.374 e. The maximum Gasteiger partial charge on any atom is 0.123 e. The molecule has 0 aromatic heterocycles. The topological polar surface area (TPSA) is 47.9 Å². The van der Waals surface area contributed by atoms with Gasteiger partial charge in [0, 0.05) is 28.9 Å². The third-order valence-corrected chi connectivity index (χ3v) is 4.18. The first-order chi connectivity index (χ1) is 11.4. The number of hydrogen-bond acceptors (Lipinski definition) is 4. The van der Waals surface area contributed by atoms with Gasteiger partial charge in [0.05, 0.1) is 11.9 Å². The highest BCUT2D eigenvalue weighted by molar-refractivity contribution is 6.31. The zero-order valence-corrected chi connectivity index (χ0v) is 15.2. The molecule has 2 N–H and O–H groups in total. The fourth-order valence-electron chi connectivity index (χ4n) is 2.36. The predicted octanol–water partition coefficient (Wildman–Crippen LogP) is 3.52. The number of benzene rings is 2. The predicted molar refractivity (Wildman–Crippen MR) is 102 cm³/mol. The number of nitrogens with one attached hydrogen (secondary N) is 1. The van der Waals surface area contributed by atoms with E-state index in [2.05, 4.69) is 5.32 Å². The van der Waals surface area contributed by atoms with Crippen LogP contribution < -0.4 is 10.2 Å². The fraction of sp³-hybridized carbons (Fsp3) is 0.316. The Morgan fingerprint density at radius 1 is 1.17 bits per heavy atom. The highest BCUT2D eigenvalue weighted by atomic mass is 35.5. The van der Waals surface area contributed by atoms with Crippen molar-refractivity contribution >= 4 is 23.0 Å². The van der Waals surface area contributed by atoms with E-state index in [4.69, 9.17) is 16.6 Å². The number of rotatable bonds is 6. The molecule has 128 valence electrons. The van der Waals surface area contributed by atoms with Crippen molar-refractivity contribution in [2.45, 2.75) is 26.2 Å². The number of anilines is 1. The third kappa shape index (κ3) is 4.35. The second kappa shape index (κ2) is 8.29. The standard InChI is InChI=1S/C19H24ClN3O/c1-13(21-3)22-19(15-8-6-5-7-9-15)17-12-16(20)10-11-18(17)23(4)14(2)24/h5-14,21,24H,1-4H3/b22-19-. The van der Waals surface area contributed by atoms with Gasteiger partial charge >= 0.3 is 0 Å². The molecule has 2 rings (SSSR count). The van der Waals surface area contributed by atoms with Crippen LogP contribution in [0.2, 0.25) is 5.02 Å². The molecule has 0 aliphatic rings. The average molecular weight is 346 g/mol. The van der Waals surface area contributed by atoms with Gasteiger partial charge in [-0.25, -0.2) is 0 Å². The molecule has 0 heterocycles. The van der Waals surface area contributed by atoms with Crippen molar-refractivity contribution in [2.75, 3.05) is 19.0 Å². The quantitative estimate of drug-likeness (QED) is 0.622. The van der Waals surface area contributed by atoms with Gasteiger partial charge in [-0.05, 0) is 39.1 Å². The molecular weight excluding hydrogens is 322 g/mol. The molecule has 0 amide bonds. The van der Waals surface area contributed by atoms with E-state index < -0.39 is 6.23 Å². The lowest BCUT2D eigenvalue weighted by atomic mass is 9.99. The zero-order valence-electron chi connectivity index (χ0n) is 14.5. The molecule has 24 heavy (non-hydrogen) atoms. The van der Waals surface area contributed by atoms with Crippen molar-refractivity contribution in [3.8, 4) is 0 Å². The van der Waals surface area contributed by atoms with E-state index in [1.807, 2.05) is 69.6 Å². The highest BCUT2D eigenvalue weighted by Gasteiger charge is 2.18. The molecule has 2 aromatic carbocycles. The van der Waals surface area contributed by atoms with Crippen molar-refractivity contribution < 1.29 is 5.11 Å². The molecule has 0 bridgehead atoms. The maximum absolute atomic E-state index is 9.99. The van der Waals surface area contributed by atoms with E-state index in [9.17, 15) is 5.11 Å². The van der Waals surface area contributed by atoms with Gasteiger partial charge in [0.1, 0.15) is 6.23 Å². The van der Waals surface area contributed by atoms with Crippen molar-refractivity contribution in [1.29, 1.82) is 0 Å². The Morgan fingerprint density at radius 3 is 2.42 bits per heavy atom. The first-order valence-corrected chi connectivity index (χ1v) is 8.33. The molecule has 5 heteroatoms. The summed E-state index contributed by atoms with van der Waals surface area (Å²) in [5.41, 5.74) is 3.60. The molecular formula is C19H24ClN3O. The fourth-order valence-corrected chi connectivity index (χ4v) is 2.53. The Morgan fingerprint density at radius 2 is 1.83 bits per heavy atom. The first kappa shape index (κ1) is 18.5. The number of aliphatic hydroxyl groups excluding tert-OH is 1. The SMILES string of the molecule is CNC(C)/N=C(/c1ccccc1)c1cc(Cl)ccc1N(C)C(C)O. The molecule has 0 fully saturated rings. The van der Waals surface area contributed by atoms with Gasteiger partial charge in [-0.1, -0.05) is 41.9 Å². The van der Waals surface area contributed by atoms with Crippen LogP contribution >= 0.6 is 11.6 Å². The van der Waals surface area contributed by atoms with Crippen LogP contribution in [0.5, 0.6) is 0 Å². The Labute approximate surface area is 148 Å². The number of halogens is 1. The van der Waals surface area contributed by atoms with Crippen molar-refractivity contribution in [3.63, 3.8) is 0 Å². The van der Waals surface area contributed by atoms with Crippen LogP contribution in [-0.2, 0) is 0 Å². The summed E-state index contributed by atoms with van der Waals surface area (Å²) in [6.07, 6.45) is -0.674. The normalized spacial score (nSPS) is 14.3. The summed E-state index contributed by atoms with van der Waals surface area (Å²) in [6.45, 7) is 3.72. The zero-order chi connectivity index (χ0) is 17.7. The first-order valence-electron chi connectivity index (χ1n) is 7.95. The molecule has 0 aliphatic carbocycles. The summed E-state index contributed by atoms with van der Waals surface area (Å²) in [5.74, 6) is 0. The summed E-state index contributed by atoms with van der Waals surface area (Å²) >= 11 is 6.25. The Bertz CT molecular complexity index is 701. The molecule has 0 aliphatic heterocycles. The Hall–Kier alpha value is -1.88. The molecule has 0 radical (unpaired) electrons. The number of aliphatic imine (C=N–C) groups is 1. The number of aliphatic hydroxyl groups is 1.